The van der Waals surface area contributed by atoms with Crippen LogP contribution < -0.4 is 10.1 Å². The van der Waals surface area contributed by atoms with Crippen LogP contribution in [0.1, 0.15) is 35.2 Å². The summed E-state index contributed by atoms with van der Waals surface area (Å²) in [5.41, 5.74) is 1.81. The number of carbonyl (C=O) groups excluding carboxylic acids is 1. The summed E-state index contributed by atoms with van der Waals surface area (Å²) >= 11 is 0. The molecule has 0 spiro atoms. The highest BCUT2D eigenvalue weighted by molar-refractivity contribution is 6.04. The molecule has 1 saturated heterocycles. The fourth-order valence-corrected chi connectivity index (χ4v) is 3.10. The van der Waals surface area contributed by atoms with Gasteiger partial charge in [0.1, 0.15) is 18.2 Å². The number of halogens is 1. The molecule has 1 amide bonds. The van der Waals surface area contributed by atoms with Gasteiger partial charge in [-0.3, -0.25) is 9.69 Å². The SMILES string of the molecule is Cc1ccc(F)cc1NC(=O)c1ccc(OCCN2CCCCC2)cc1. The van der Waals surface area contributed by atoms with Crippen LogP contribution in [0.4, 0.5) is 10.1 Å². The molecule has 1 aliphatic rings. The fourth-order valence-electron chi connectivity index (χ4n) is 3.10. The molecule has 0 aromatic heterocycles. The molecule has 26 heavy (non-hydrogen) atoms. The maximum absolute atomic E-state index is 13.3. The zero-order chi connectivity index (χ0) is 18.4. The average Bonchev–Trinajstić information content (AvgIpc) is 2.66. The number of aryl methyl sites for hydroxylation is 1. The van der Waals surface area contributed by atoms with Crippen LogP contribution >= 0.6 is 0 Å². The van der Waals surface area contributed by atoms with E-state index in [2.05, 4.69) is 10.2 Å². The predicted octanol–water partition coefficient (Wildman–Crippen LogP) is 4.25. The van der Waals surface area contributed by atoms with Gasteiger partial charge in [-0.05, 0) is 74.8 Å². The van der Waals surface area contributed by atoms with Crippen molar-refractivity contribution in [2.24, 2.45) is 0 Å². The van der Waals surface area contributed by atoms with Gasteiger partial charge in [0.05, 0.1) is 0 Å². The standard InChI is InChI=1S/C21H25FN2O2/c1-16-5-8-18(22)15-20(16)23-21(25)17-6-9-19(10-7-17)26-14-13-24-11-3-2-4-12-24/h5-10,15H,2-4,11-14H2,1H3,(H,23,25). The highest BCUT2D eigenvalue weighted by Crippen LogP contribution is 2.18. The quantitative estimate of drug-likeness (QED) is 0.841. The number of rotatable bonds is 6. The Labute approximate surface area is 154 Å². The van der Waals surface area contributed by atoms with Crippen LogP contribution in [0.5, 0.6) is 5.75 Å². The second kappa shape index (κ2) is 8.81. The van der Waals surface area contributed by atoms with Crippen molar-refractivity contribution < 1.29 is 13.9 Å². The number of amides is 1. The van der Waals surface area contributed by atoms with E-state index in [-0.39, 0.29) is 11.7 Å². The van der Waals surface area contributed by atoms with E-state index in [9.17, 15) is 9.18 Å². The van der Waals surface area contributed by atoms with Gasteiger partial charge in [0.15, 0.2) is 0 Å². The minimum Gasteiger partial charge on any atom is -0.492 e. The monoisotopic (exact) mass is 356 g/mol. The van der Waals surface area contributed by atoms with E-state index in [0.717, 1.165) is 30.9 Å². The molecule has 0 bridgehead atoms. The number of anilines is 1. The molecule has 138 valence electrons. The largest absolute Gasteiger partial charge is 0.492 e. The molecule has 0 aliphatic carbocycles. The van der Waals surface area contributed by atoms with Gasteiger partial charge in [-0.1, -0.05) is 12.5 Å². The summed E-state index contributed by atoms with van der Waals surface area (Å²) in [6.45, 7) is 5.72. The van der Waals surface area contributed by atoms with E-state index in [4.69, 9.17) is 4.74 Å². The minimum atomic E-state index is -0.372. The number of hydrogen-bond acceptors (Lipinski definition) is 3. The summed E-state index contributed by atoms with van der Waals surface area (Å²) in [5, 5.41) is 2.75. The summed E-state index contributed by atoms with van der Waals surface area (Å²) in [6.07, 6.45) is 3.87. The molecular formula is C21H25FN2O2. The molecule has 2 aromatic carbocycles. The first-order valence-corrected chi connectivity index (χ1v) is 9.14. The molecule has 1 heterocycles. The number of carbonyl (C=O) groups is 1. The predicted molar refractivity (Wildman–Crippen MR) is 101 cm³/mol. The first-order chi connectivity index (χ1) is 12.6. The topological polar surface area (TPSA) is 41.6 Å². The normalized spacial score (nSPS) is 14.8. The first-order valence-electron chi connectivity index (χ1n) is 9.14. The molecule has 1 fully saturated rings. The van der Waals surface area contributed by atoms with Gasteiger partial charge in [0.25, 0.3) is 5.91 Å². The first kappa shape index (κ1) is 18.4. The van der Waals surface area contributed by atoms with E-state index in [1.165, 1.54) is 31.4 Å². The Hall–Kier alpha value is -2.40. The van der Waals surface area contributed by atoms with Gasteiger partial charge >= 0.3 is 0 Å². The number of ether oxygens (including phenoxy) is 1. The van der Waals surface area contributed by atoms with E-state index in [1.54, 1.807) is 30.3 Å². The van der Waals surface area contributed by atoms with Crippen molar-refractivity contribution in [3.63, 3.8) is 0 Å². The van der Waals surface area contributed by atoms with Crippen LogP contribution in [0, 0.1) is 12.7 Å². The second-order valence-corrected chi connectivity index (χ2v) is 6.69. The van der Waals surface area contributed by atoms with Gasteiger partial charge < -0.3 is 10.1 Å². The number of nitrogens with one attached hydrogen (secondary N) is 1. The maximum Gasteiger partial charge on any atom is 0.255 e. The average molecular weight is 356 g/mol. The third-order valence-electron chi connectivity index (χ3n) is 4.69. The molecule has 3 rings (SSSR count). The summed E-state index contributed by atoms with van der Waals surface area (Å²) < 4.78 is 19.1. The minimum absolute atomic E-state index is 0.265. The molecule has 5 heteroatoms. The third-order valence-corrected chi connectivity index (χ3v) is 4.69. The Kier molecular flexibility index (Phi) is 6.23. The fraction of sp³-hybridized carbons (Fsp3) is 0.381. The molecule has 1 N–H and O–H groups in total. The van der Waals surface area contributed by atoms with Crippen molar-refractivity contribution in [3.8, 4) is 5.75 Å². The van der Waals surface area contributed by atoms with Crippen molar-refractivity contribution in [3.05, 3.63) is 59.4 Å². The van der Waals surface area contributed by atoms with Crippen molar-refractivity contribution in [1.82, 2.24) is 4.90 Å². The lowest BCUT2D eigenvalue weighted by atomic mass is 10.1. The number of likely N-dealkylation sites (tertiary alicyclic amines) is 1. The van der Waals surface area contributed by atoms with Gasteiger partial charge in [-0.2, -0.15) is 0 Å². The van der Waals surface area contributed by atoms with E-state index >= 15 is 0 Å². The number of nitrogens with zero attached hydrogens (tertiary/aromatic N) is 1. The lowest BCUT2D eigenvalue weighted by Gasteiger charge is -2.26. The van der Waals surface area contributed by atoms with Crippen LogP contribution in [0.25, 0.3) is 0 Å². The Morgan fingerprint density at radius 2 is 1.85 bits per heavy atom. The molecule has 4 nitrogen and oxygen atoms in total. The number of hydrogen-bond donors (Lipinski definition) is 1. The van der Waals surface area contributed by atoms with Crippen molar-refractivity contribution >= 4 is 11.6 Å². The zero-order valence-corrected chi connectivity index (χ0v) is 15.1. The summed E-state index contributed by atoms with van der Waals surface area (Å²) in [5.74, 6) is 0.113. The summed E-state index contributed by atoms with van der Waals surface area (Å²) in [4.78, 5) is 14.8. The van der Waals surface area contributed by atoms with E-state index in [0.29, 0.717) is 17.9 Å². The Bertz CT molecular complexity index is 740. The van der Waals surface area contributed by atoms with Crippen molar-refractivity contribution in [2.75, 3.05) is 31.6 Å². The summed E-state index contributed by atoms with van der Waals surface area (Å²) in [7, 11) is 0. The van der Waals surface area contributed by atoms with Crippen LogP contribution in [-0.2, 0) is 0 Å². The Morgan fingerprint density at radius 3 is 2.58 bits per heavy atom. The molecule has 0 saturated carbocycles. The molecule has 2 aromatic rings. The highest BCUT2D eigenvalue weighted by Gasteiger charge is 2.11. The molecule has 1 aliphatic heterocycles. The van der Waals surface area contributed by atoms with Gasteiger partial charge in [0.2, 0.25) is 0 Å². The molecule has 0 radical (unpaired) electrons. The van der Waals surface area contributed by atoms with Crippen molar-refractivity contribution in [1.29, 1.82) is 0 Å². The van der Waals surface area contributed by atoms with Crippen LogP contribution in [0.2, 0.25) is 0 Å². The Balaban J connectivity index is 1.51. The zero-order valence-electron chi connectivity index (χ0n) is 15.1. The van der Waals surface area contributed by atoms with Gasteiger partial charge in [0, 0.05) is 17.8 Å². The van der Waals surface area contributed by atoms with E-state index in [1.807, 2.05) is 6.92 Å². The van der Waals surface area contributed by atoms with Gasteiger partial charge in [-0.15, -0.1) is 0 Å². The molecular weight excluding hydrogens is 331 g/mol. The smallest absolute Gasteiger partial charge is 0.255 e. The van der Waals surface area contributed by atoms with Crippen LogP contribution in [0.3, 0.4) is 0 Å². The van der Waals surface area contributed by atoms with Crippen molar-refractivity contribution in [2.45, 2.75) is 26.2 Å². The summed E-state index contributed by atoms with van der Waals surface area (Å²) in [6, 6.07) is 11.4. The molecule has 0 atom stereocenters. The molecule has 0 unspecified atom stereocenters. The highest BCUT2D eigenvalue weighted by atomic mass is 19.1. The number of piperidine rings is 1. The van der Waals surface area contributed by atoms with E-state index < -0.39 is 0 Å². The second-order valence-electron chi connectivity index (χ2n) is 6.69. The van der Waals surface area contributed by atoms with Crippen LogP contribution in [0.15, 0.2) is 42.5 Å². The maximum atomic E-state index is 13.3. The Morgan fingerprint density at radius 1 is 1.12 bits per heavy atom. The number of benzene rings is 2. The lowest BCUT2D eigenvalue weighted by molar-refractivity contribution is 0.102. The van der Waals surface area contributed by atoms with Crippen LogP contribution in [-0.4, -0.2) is 37.0 Å². The van der Waals surface area contributed by atoms with Gasteiger partial charge in [-0.25, -0.2) is 4.39 Å². The third kappa shape index (κ3) is 5.05. The lowest BCUT2D eigenvalue weighted by Crippen LogP contribution is -2.33.